The summed E-state index contributed by atoms with van der Waals surface area (Å²) < 4.78 is 31.6. The van der Waals surface area contributed by atoms with Gasteiger partial charge in [-0.05, 0) is 40.2 Å². The van der Waals surface area contributed by atoms with Gasteiger partial charge >= 0.3 is 0 Å². The van der Waals surface area contributed by atoms with Crippen LogP contribution in [0.4, 0.5) is 0 Å². The molecule has 0 unspecified atom stereocenters. The van der Waals surface area contributed by atoms with Gasteiger partial charge in [0.15, 0.2) is 5.65 Å². The average Bonchev–Trinajstić information content (AvgIpc) is 2.94. The molecular weight excluding hydrogens is 496 g/mol. The van der Waals surface area contributed by atoms with E-state index in [0.29, 0.717) is 23.5 Å². The van der Waals surface area contributed by atoms with Crippen LogP contribution in [0.2, 0.25) is 30.7 Å². The minimum Gasteiger partial charge on any atom is -0.359 e. The Kier molecular flexibility index (Phi) is 6.52. The number of nitrogens with two attached hydrogens (primary N) is 1. The summed E-state index contributed by atoms with van der Waals surface area (Å²) in [6.07, 6.45) is 1.70. The molecule has 0 saturated heterocycles. The molecule has 0 fully saturated rings. The molecule has 156 valence electrons. The number of benzene rings is 1. The molecule has 2 aromatic heterocycles. The van der Waals surface area contributed by atoms with Gasteiger partial charge in [0, 0.05) is 36.3 Å². The van der Waals surface area contributed by atoms with E-state index < -0.39 is 18.1 Å². The second-order valence-electron chi connectivity index (χ2n) is 7.91. The van der Waals surface area contributed by atoms with Crippen molar-refractivity contribution in [2.45, 2.75) is 37.3 Å². The topological polar surface area (TPSA) is 100 Å². The third-order valence-corrected chi connectivity index (χ3v) is 7.81. The molecule has 11 heteroatoms. The van der Waals surface area contributed by atoms with Crippen LogP contribution in [-0.4, -0.2) is 37.9 Å². The Bertz CT molecular complexity index is 1160. The lowest BCUT2D eigenvalue weighted by atomic mass is 10.1. The molecule has 2 N–H and O–H groups in total. The average molecular weight is 518 g/mol. The number of hydrogen-bond acceptors (Lipinski definition) is 5. The predicted octanol–water partition coefficient (Wildman–Crippen LogP) is 4.47. The van der Waals surface area contributed by atoms with Gasteiger partial charge in [0.1, 0.15) is 17.3 Å². The quantitative estimate of drug-likeness (QED) is 0.368. The molecule has 29 heavy (non-hydrogen) atoms. The first-order valence-electron chi connectivity index (χ1n) is 8.88. The summed E-state index contributed by atoms with van der Waals surface area (Å²) in [6.45, 7) is 7.83. The summed E-state index contributed by atoms with van der Waals surface area (Å²) in [5.74, 6) is 0. The number of primary sulfonamides is 1. The van der Waals surface area contributed by atoms with E-state index in [1.165, 1.54) is 6.07 Å². The highest BCUT2D eigenvalue weighted by Gasteiger charge is 2.18. The molecule has 3 aromatic rings. The standard InChI is InChI=1S/C18H22BrClN4O3SSi/c1-29(2,3)7-6-27-11-24-18-14(9-13(19)10-22-18)17(23-24)12-4-5-16(15(20)8-12)28(21,25)26/h4-5,8-10H,6-7,11H2,1-3H3,(H2,21,25,26). The number of nitrogens with zero attached hydrogens (tertiary/aromatic N) is 3. The van der Waals surface area contributed by atoms with Crippen LogP contribution in [0.1, 0.15) is 0 Å². The molecule has 7 nitrogen and oxygen atoms in total. The third kappa shape index (κ3) is 5.44. The molecule has 0 radical (unpaired) electrons. The summed E-state index contributed by atoms with van der Waals surface area (Å²) >= 11 is 9.60. The second-order valence-corrected chi connectivity index (χ2v) is 16.4. The molecule has 0 aliphatic rings. The van der Waals surface area contributed by atoms with Gasteiger partial charge in [0.2, 0.25) is 10.0 Å². The second kappa shape index (κ2) is 8.44. The number of halogens is 2. The zero-order valence-corrected chi connectivity index (χ0v) is 20.5. The number of ether oxygens (including phenoxy) is 1. The van der Waals surface area contributed by atoms with Crippen LogP contribution < -0.4 is 5.14 Å². The Morgan fingerprint density at radius 1 is 1.28 bits per heavy atom. The molecule has 0 amide bonds. The first-order chi connectivity index (χ1) is 13.5. The first kappa shape index (κ1) is 22.4. The minimum absolute atomic E-state index is 0.0436. The van der Waals surface area contributed by atoms with Gasteiger partial charge in [-0.15, -0.1) is 0 Å². The van der Waals surface area contributed by atoms with Gasteiger partial charge in [-0.1, -0.05) is 37.3 Å². The van der Waals surface area contributed by atoms with Crippen molar-refractivity contribution in [2.24, 2.45) is 5.14 Å². The molecule has 0 bridgehead atoms. The van der Waals surface area contributed by atoms with E-state index in [1.54, 1.807) is 23.0 Å². The minimum atomic E-state index is -3.90. The zero-order chi connectivity index (χ0) is 21.4. The lowest BCUT2D eigenvalue weighted by Crippen LogP contribution is -2.22. The molecule has 0 atom stereocenters. The molecule has 0 aliphatic carbocycles. The van der Waals surface area contributed by atoms with Crippen molar-refractivity contribution < 1.29 is 13.2 Å². The van der Waals surface area contributed by atoms with Crippen LogP contribution in [0, 0.1) is 0 Å². The fourth-order valence-electron chi connectivity index (χ4n) is 2.75. The van der Waals surface area contributed by atoms with Crippen LogP contribution in [0.15, 0.2) is 39.8 Å². The van der Waals surface area contributed by atoms with Crippen molar-refractivity contribution in [3.05, 3.63) is 40.0 Å². The molecule has 2 heterocycles. The maximum absolute atomic E-state index is 11.6. The van der Waals surface area contributed by atoms with Crippen molar-refractivity contribution >= 4 is 56.7 Å². The predicted molar refractivity (Wildman–Crippen MR) is 121 cm³/mol. The molecule has 0 aliphatic heterocycles. The Morgan fingerprint density at radius 3 is 2.62 bits per heavy atom. The highest BCUT2D eigenvalue weighted by atomic mass is 79.9. The van der Waals surface area contributed by atoms with Crippen molar-refractivity contribution in [1.82, 2.24) is 14.8 Å². The van der Waals surface area contributed by atoms with Gasteiger partial charge in [-0.25, -0.2) is 23.2 Å². The number of hydrogen-bond donors (Lipinski definition) is 1. The maximum Gasteiger partial charge on any atom is 0.239 e. The number of pyridine rings is 1. The van der Waals surface area contributed by atoms with Crippen molar-refractivity contribution in [2.75, 3.05) is 6.61 Å². The van der Waals surface area contributed by atoms with Gasteiger partial charge in [-0.3, -0.25) is 0 Å². The normalized spacial score (nSPS) is 12.6. The number of fused-ring (bicyclic) bond motifs is 1. The van der Waals surface area contributed by atoms with Crippen LogP contribution in [-0.2, 0) is 21.5 Å². The SMILES string of the molecule is C[Si](C)(C)CCOCn1nc(-c2ccc(S(N)(=O)=O)c(Cl)c2)c2cc(Br)cnc21. The highest BCUT2D eigenvalue weighted by molar-refractivity contribution is 9.10. The summed E-state index contributed by atoms with van der Waals surface area (Å²) in [6, 6.07) is 7.52. The Hall–Kier alpha value is -1.30. The zero-order valence-electron chi connectivity index (χ0n) is 16.3. The van der Waals surface area contributed by atoms with E-state index >= 15 is 0 Å². The molecule has 0 spiro atoms. The van der Waals surface area contributed by atoms with Crippen LogP contribution in [0.5, 0.6) is 0 Å². The molecule has 0 saturated carbocycles. The third-order valence-electron chi connectivity index (χ3n) is 4.28. The Morgan fingerprint density at radius 2 is 2.00 bits per heavy atom. The molecular formula is C18H22BrClN4O3SSi. The summed E-state index contributed by atoms with van der Waals surface area (Å²) in [4.78, 5) is 4.34. The maximum atomic E-state index is 11.6. The van der Waals surface area contributed by atoms with Gasteiger partial charge < -0.3 is 4.74 Å². The summed E-state index contributed by atoms with van der Waals surface area (Å²) in [7, 11) is -5.08. The van der Waals surface area contributed by atoms with E-state index in [2.05, 4.69) is 45.7 Å². The smallest absolute Gasteiger partial charge is 0.239 e. The van der Waals surface area contributed by atoms with E-state index in [1.807, 2.05) is 6.07 Å². The van der Waals surface area contributed by atoms with E-state index in [-0.39, 0.29) is 16.6 Å². The fraction of sp³-hybridized carbons (Fsp3) is 0.333. The highest BCUT2D eigenvalue weighted by Crippen LogP contribution is 2.32. The van der Waals surface area contributed by atoms with Gasteiger partial charge in [0.05, 0.1) is 5.02 Å². The Balaban J connectivity index is 1.98. The number of aromatic nitrogens is 3. The number of rotatable bonds is 7. The monoisotopic (exact) mass is 516 g/mol. The van der Waals surface area contributed by atoms with Crippen molar-refractivity contribution in [3.8, 4) is 11.3 Å². The Labute approximate surface area is 184 Å². The van der Waals surface area contributed by atoms with E-state index in [9.17, 15) is 8.42 Å². The first-order valence-corrected chi connectivity index (χ1v) is 15.3. The number of sulfonamides is 1. The van der Waals surface area contributed by atoms with Crippen molar-refractivity contribution in [1.29, 1.82) is 0 Å². The lowest BCUT2D eigenvalue weighted by Gasteiger charge is -2.15. The molecule has 1 aromatic carbocycles. The lowest BCUT2D eigenvalue weighted by molar-refractivity contribution is 0.0814. The summed E-state index contributed by atoms with van der Waals surface area (Å²) in [5.41, 5.74) is 1.96. The van der Waals surface area contributed by atoms with Gasteiger partial charge in [-0.2, -0.15) is 5.10 Å². The summed E-state index contributed by atoms with van der Waals surface area (Å²) in [5, 5.41) is 10.7. The largest absolute Gasteiger partial charge is 0.359 e. The van der Waals surface area contributed by atoms with Crippen LogP contribution >= 0.6 is 27.5 Å². The van der Waals surface area contributed by atoms with E-state index in [4.69, 9.17) is 21.5 Å². The fourth-order valence-corrected chi connectivity index (χ4v) is 4.93. The van der Waals surface area contributed by atoms with Crippen LogP contribution in [0.25, 0.3) is 22.3 Å². The molecule has 3 rings (SSSR count). The van der Waals surface area contributed by atoms with E-state index in [0.717, 1.165) is 15.9 Å². The van der Waals surface area contributed by atoms with Crippen LogP contribution in [0.3, 0.4) is 0 Å². The van der Waals surface area contributed by atoms with Gasteiger partial charge in [0.25, 0.3) is 0 Å². The van der Waals surface area contributed by atoms with Crippen molar-refractivity contribution in [3.63, 3.8) is 0 Å².